The van der Waals surface area contributed by atoms with Crippen molar-refractivity contribution in [3.05, 3.63) is 0 Å². The summed E-state index contributed by atoms with van der Waals surface area (Å²) in [5.41, 5.74) is 5.76. The van der Waals surface area contributed by atoms with Gasteiger partial charge in [0.05, 0.1) is 6.61 Å². The molecule has 0 aromatic heterocycles. The van der Waals surface area contributed by atoms with E-state index in [-0.39, 0.29) is 11.6 Å². The largest absolute Gasteiger partial charge is 0.449 e. The lowest BCUT2D eigenvalue weighted by Crippen LogP contribution is -2.53. The number of rotatable bonds is 3. The molecule has 0 spiro atoms. The molecule has 1 aliphatic heterocycles. The molecule has 15 heavy (non-hydrogen) atoms. The minimum Gasteiger partial charge on any atom is -0.449 e. The average Bonchev–Trinajstić information content (AvgIpc) is 2.16. The Bertz CT molecular complexity index is 217. The maximum Gasteiger partial charge on any atom is 0.409 e. The molecular formula is C11H22N2O2. The third kappa shape index (κ3) is 4.08. The number of likely N-dealkylation sites (tertiary alicyclic amines) is 1. The van der Waals surface area contributed by atoms with E-state index in [4.69, 9.17) is 10.5 Å². The number of nitrogens with zero attached hydrogens (tertiary/aromatic N) is 1. The Balaban J connectivity index is 2.32. The van der Waals surface area contributed by atoms with Crippen LogP contribution in [0.15, 0.2) is 0 Å². The molecule has 0 radical (unpaired) electrons. The van der Waals surface area contributed by atoms with Crippen LogP contribution < -0.4 is 5.73 Å². The number of hydrogen-bond acceptors (Lipinski definition) is 3. The van der Waals surface area contributed by atoms with E-state index in [1.54, 1.807) is 4.90 Å². The standard InChI is InChI=1S/C11H22N2O2/c1-3-4-8-15-10(14)13-7-5-6-11(2,12)9-13/h3-9,12H2,1-2H3. The number of carbonyl (C=O) groups is 1. The topological polar surface area (TPSA) is 55.6 Å². The molecule has 0 aromatic rings. The lowest BCUT2D eigenvalue weighted by molar-refractivity contribution is 0.0801. The molecule has 0 aliphatic carbocycles. The Hall–Kier alpha value is -0.770. The van der Waals surface area contributed by atoms with Crippen LogP contribution >= 0.6 is 0 Å². The van der Waals surface area contributed by atoms with Crippen LogP contribution in [0, 0.1) is 0 Å². The van der Waals surface area contributed by atoms with Gasteiger partial charge in [0.15, 0.2) is 0 Å². The van der Waals surface area contributed by atoms with Gasteiger partial charge in [0.25, 0.3) is 0 Å². The number of carbonyl (C=O) groups excluding carboxylic acids is 1. The summed E-state index contributed by atoms with van der Waals surface area (Å²) in [6, 6.07) is 0. The second kappa shape index (κ2) is 5.35. The molecule has 1 rings (SSSR count). The van der Waals surface area contributed by atoms with E-state index in [1.165, 1.54) is 0 Å². The Morgan fingerprint density at radius 3 is 2.93 bits per heavy atom. The van der Waals surface area contributed by atoms with Gasteiger partial charge in [-0.05, 0) is 26.2 Å². The third-order valence-corrected chi connectivity index (χ3v) is 2.71. The van der Waals surface area contributed by atoms with Crippen LogP contribution in [0.4, 0.5) is 4.79 Å². The van der Waals surface area contributed by atoms with Crippen molar-refractivity contribution < 1.29 is 9.53 Å². The first-order valence-electron chi connectivity index (χ1n) is 5.76. The minimum atomic E-state index is -0.248. The van der Waals surface area contributed by atoms with Crippen molar-refractivity contribution in [3.8, 4) is 0 Å². The van der Waals surface area contributed by atoms with Crippen LogP contribution in [0.2, 0.25) is 0 Å². The first-order chi connectivity index (χ1) is 7.05. The second-order valence-electron chi connectivity index (χ2n) is 4.65. The molecule has 0 saturated carbocycles. The van der Waals surface area contributed by atoms with Gasteiger partial charge in [-0.15, -0.1) is 0 Å². The summed E-state index contributed by atoms with van der Waals surface area (Å²) < 4.78 is 5.15. The van der Waals surface area contributed by atoms with Gasteiger partial charge in [0.1, 0.15) is 0 Å². The van der Waals surface area contributed by atoms with E-state index in [9.17, 15) is 4.79 Å². The van der Waals surface area contributed by atoms with Crippen LogP contribution in [0.3, 0.4) is 0 Å². The van der Waals surface area contributed by atoms with Crippen LogP contribution in [0.5, 0.6) is 0 Å². The molecule has 4 heteroatoms. The normalized spacial score (nSPS) is 26.5. The molecule has 1 heterocycles. The van der Waals surface area contributed by atoms with E-state index >= 15 is 0 Å². The molecule has 4 nitrogen and oxygen atoms in total. The Labute approximate surface area is 91.8 Å². The molecule has 1 fully saturated rings. The summed E-state index contributed by atoms with van der Waals surface area (Å²) in [6.07, 6.45) is 3.71. The fraction of sp³-hybridized carbons (Fsp3) is 0.909. The summed E-state index contributed by atoms with van der Waals surface area (Å²) in [7, 11) is 0. The maximum atomic E-state index is 11.6. The Morgan fingerprint density at radius 1 is 1.60 bits per heavy atom. The highest BCUT2D eigenvalue weighted by molar-refractivity contribution is 5.67. The molecule has 2 N–H and O–H groups in total. The molecule has 1 saturated heterocycles. The zero-order chi connectivity index (χ0) is 11.3. The number of unbranched alkanes of at least 4 members (excludes halogenated alkanes) is 1. The first-order valence-corrected chi connectivity index (χ1v) is 5.76. The van der Waals surface area contributed by atoms with Gasteiger partial charge in [-0.3, -0.25) is 0 Å². The van der Waals surface area contributed by atoms with Crippen LogP contribution in [-0.4, -0.2) is 36.2 Å². The van der Waals surface area contributed by atoms with Crippen molar-refractivity contribution >= 4 is 6.09 Å². The highest BCUT2D eigenvalue weighted by Crippen LogP contribution is 2.18. The fourth-order valence-corrected chi connectivity index (χ4v) is 1.82. The smallest absolute Gasteiger partial charge is 0.409 e. The van der Waals surface area contributed by atoms with E-state index in [0.717, 1.165) is 32.2 Å². The van der Waals surface area contributed by atoms with Gasteiger partial charge < -0.3 is 15.4 Å². The van der Waals surface area contributed by atoms with Gasteiger partial charge in [0, 0.05) is 18.6 Å². The molecule has 0 bridgehead atoms. The summed E-state index contributed by atoms with van der Waals surface area (Å²) in [4.78, 5) is 13.3. The predicted molar refractivity (Wildman–Crippen MR) is 59.7 cm³/mol. The number of ether oxygens (including phenoxy) is 1. The van der Waals surface area contributed by atoms with Gasteiger partial charge in [-0.25, -0.2) is 4.79 Å². The number of amides is 1. The molecule has 1 atom stereocenters. The van der Waals surface area contributed by atoms with Crippen molar-refractivity contribution in [2.24, 2.45) is 5.73 Å². The third-order valence-electron chi connectivity index (χ3n) is 2.71. The van der Waals surface area contributed by atoms with Crippen molar-refractivity contribution in [1.29, 1.82) is 0 Å². The van der Waals surface area contributed by atoms with E-state index in [2.05, 4.69) is 6.92 Å². The molecule has 1 aliphatic rings. The van der Waals surface area contributed by atoms with Crippen molar-refractivity contribution in [2.45, 2.75) is 45.1 Å². The molecular weight excluding hydrogens is 192 g/mol. The van der Waals surface area contributed by atoms with E-state index < -0.39 is 0 Å². The molecule has 88 valence electrons. The Morgan fingerprint density at radius 2 is 2.33 bits per heavy atom. The SMILES string of the molecule is CCCCOC(=O)N1CCCC(C)(N)C1. The number of hydrogen-bond donors (Lipinski definition) is 1. The van der Waals surface area contributed by atoms with Gasteiger partial charge in [-0.1, -0.05) is 13.3 Å². The zero-order valence-electron chi connectivity index (χ0n) is 9.79. The predicted octanol–water partition coefficient (Wildman–Crippen LogP) is 1.74. The van der Waals surface area contributed by atoms with E-state index in [1.807, 2.05) is 6.92 Å². The summed E-state index contributed by atoms with van der Waals surface area (Å²) in [5, 5.41) is 0. The second-order valence-corrected chi connectivity index (χ2v) is 4.65. The highest BCUT2D eigenvalue weighted by atomic mass is 16.6. The highest BCUT2D eigenvalue weighted by Gasteiger charge is 2.30. The summed E-state index contributed by atoms with van der Waals surface area (Å²) >= 11 is 0. The minimum absolute atomic E-state index is 0.208. The van der Waals surface area contributed by atoms with Gasteiger partial charge in [0.2, 0.25) is 0 Å². The molecule has 1 unspecified atom stereocenters. The zero-order valence-corrected chi connectivity index (χ0v) is 9.79. The van der Waals surface area contributed by atoms with Crippen molar-refractivity contribution in [1.82, 2.24) is 4.90 Å². The maximum absolute atomic E-state index is 11.6. The number of piperidine rings is 1. The lowest BCUT2D eigenvalue weighted by atomic mass is 9.93. The summed E-state index contributed by atoms with van der Waals surface area (Å²) in [5.74, 6) is 0. The van der Waals surface area contributed by atoms with Gasteiger partial charge in [-0.2, -0.15) is 0 Å². The Kier molecular flexibility index (Phi) is 4.39. The molecule has 0 aromatic carbocycles. The average molecular weight is 214 g/mol. The molecule has 1 amide bonds. The van der Waals surface area contributed by atoms with Crippen LogP contribution in [0.25, 0.3) is 0 Å². The lowest BCUT2D eigenvalue weighted by Gasteiger charge is -2.37. The van der Waals surface area contributed by atoms with E-state index in [0.29, 0.717) is 13.2 Å². The van der Waals surface area contributed by atoms with Gasteiger partial charge >= 0.3 is 6.09 Å². The number of nitrogens with two attached hydrogens (primary N) is 1. The van der Waals surface area contributed by atoms with Crippen LogP contribution in [0.1, 0.15) is 39.5 Å². The fourth-order valence-electron chi connectivity index (χ4n) is 1.82. The first kappa shape index (κ1) is 12.3. The van der Waals surface area contributed by atoms with Crippen molar-refractivity contribution in [3.63, 3.8) is 0 Å². The summed E-state index contributed by atoms with van der Waals surface area (Å²) in [6.45, 7) is 5.97. The quantitative estimate of drug-likeness (QED) is 0.728. The van der Waals surface area contributed by atoms with Crippen molar-refractivity contribution in [2.75, 3.05) is 19.7 Å². The monoisotopic (exact) mass is 214 g/mol. The van der Waals surface area contributed by atoms with Crippen LogP contribution in [-0.2, 0) is 4.74 Å².